The van der Waals surface area contributed by atoms with Gasteiger partial charge in [0.05, 0.1) is 39.0 Å². The molecule has 51 heavy (non-hydrogen) atoms. The van der Waals surface area contributed by atoms with Crippen LogP contribution in [0.5, 0.6) is 0 Å². The molecular formula is C45H28N6. The lowest BCUT2D eigenvalue weighted by Gasteiger charge is -2.12. The molecule has 6 heteroatoms. The van der Waals surface area contributed by atoms with Crippen molar-refractivity contribution in [3.05, 3.63) is 170 Å². The van der Waals surface area contributed by atoms with Gasteiger partial charge < -0.3 is 9.13 Å². The van der Waals surface area contributed by atoms with Crippen LogP contribution in [0.3, 0.4) is 0 Å². The standard InChI is InChI=1S/C45H28N6/c1-3-15-29(16-4-1)43-33-21-9-14-26-40(33)51-45(46-43)47-44(48-51)34-22-10-13-25-39(34)50-38-24-12-8-20-32(38)36-27-35-31-19-7-11-23-37(31)49(41(35)28-42(36)50)30-17-5-2-6-18-30/h1-28H. The molecule has 0 fully saturated rings. The van der Waals surface area contributed by atoms with Crippen LogP contribution in [0.1, 0.15) is 0 Å². The Hall–Kier alpha value is -7.05. The Kier molecular flexibility index (Phi) is 5.86. The van der Waals surface area contributed by atoms with Gasteiger partial charge in [-0.2, -0.15) is 9.50 Å². The fourth-order valence-corrected chi connectivity index (χ4v) is 7.89. The van der Waals surface area contributed by atoms with Gasteiger partial charge in [0, 0.05) is 43.7 Å². The van der Waals surface area contributed by atoms with Crippen molar-refractivity contribution in [2.45, 2.75) is 0 Å². The van der Waals surface area contributed by atoms with E-state index in [9.17, 15) is 0 Å². The van der Waals surface area contributed by atoms with Crippen LogP contribution >= 0.6 is 0 Å². The number of nitrogens with zero attached hydrogens (tertiary/aromatic N) is 6. The molecule has 11 rings (SSSR count). The molecular weight excluding hydrogens is 625 g/mol. The van der Waals surface area contributed by atoms with E-state index in [1.807, 2.05) is 34.8 Å². The van der Waals surface area contributed by atoms with Gasteiger partial charge in [0.15, 0.2) is 5.82 Å². The number of hydrogen-bond donors (Lipinski definition) is 0. The van der Waals surface area contributed by atoms with Crippen LogP contribution in [0, 0.1) is 0 Å². The topological polar surface area (TPSA) is 52.9 Å². The van der Waals surface area contributed by atoms with E-state index in [1.165, 1.54) is 27.1 Å². The lowest BCUT2D eigenvalue weighted by molar-refractivity contribution is 0.987. The first-order valence-electron chi connectivity index (χ1n) is 17.1. The Morgan fingerprint density at radius 2 is 0.961 bits per heavy atom. The molecule has 0 amide bonds. The second kappa shape index (κ2) is 10.7. The summed E-state index contributed by atoms with van der Waals surface area (Å²) in [5.74, 6) is 1.19. The zero-order valence-electron chi connectivity index (χ0n) is 27.3. The van der Waals surface area contributed by atoms with E-state index >= 15 is 0 Å². The number of benzene rings is 7. The van der Waals surface area contributed by atoms with Crippen LogP contribution < -0.4 is 0 Å². The van der Waals surface area contributed by atoms with E-state index in [2.05, 4.69) is 149 Å². The highest BCUT2D eigenvalue weighted by Gasteiger charge is 2.22. The normalized spacial score (nSPS) is 11.9. The van der Waals surface area contributed by atoms with Crippen LogP contribution in [0.2, 0.25) is 0 Å². The second-order valence-corrected chi connectivity index (χ2v) is 12.9. The Morgan fingerprint density at radius 1 is 0.392 bits per heavy atom. The van der Waals surface area contributed by atoms with Crippen molar-refractivity contribution in [3.63, 3.8) is 0 Å². The third kappa shape index (κ3) is 4.07. The predicted octanol–water partition coefficient (Wildman–Crippen LogP) is 10.8. The SMILES string of the molecule is c1ccc(-c2nc3nc(-c4ccccc4-n4c5ccccc5c5cc6c7ccccc7n(-c7ccccc7)c6cc54)nn3c3ccccc23)cc1. The highest BCUT2D eigenvalue weighted by Crippen LogP contribution is 2.41. The number of fused-ring (bicyclic) bond motifs is 9. The van der Waals surface area contributed by atoms with E-state index in [0.29, 0.717) is 11.6 Å². The molecule has 0 radical (unpaired) electrons. The smallest absolute Gasteiger partial charge is 0.253 e. The molecule has 6 nitrogen and oxygen atoms in total. The summed E-state index contributed by atoms with van der Waals surface area (Å²) >= 11 is 0. The van der Waals surface area contributed by atoms with Crippen LogP contribution in [-0.4, -0.2) is 28.7 Å². The highest BCUT2D eigenvalue weighted by atomic mass is 15.3. The molecule has 0 bridgehead atoms. The van der Waals surface area contributed by atoms with Gasteiger partial charge in [-0.15, -0.1) is 5.10 Å². The van der Waals surface area contributed by atoms with Crippen molar-refractivity contribution in [2.75, 3.05) is 0 Å². The molecule has 11 aromatic rings. The lowest BCUT2D eigenvalue weighted by atomic mass is 10.1. The second-order valence-electron chi connectivity index (χ2n) is 12.9. The van der Waals surface area contributed by atoms with E-state index in [-0.39, 0.29) is 0 Å². The number of rotatable bonds is 4. The molecule has 238 valence electrons. The summed E-state index contributed by atoms with van der Waals surface area (Å²) in [5.41, 5.74) is 10.6. The van der Waals surface area contributed by atoms with Crippen LogP contribution in [-0.2, 0) is 0 Å². The molecule has 0 N–H and O–H groups in total. The van der Waals surface area contributed by atoms with Crippen molar-refractivity contribution in [2.24, 2.45) is 0 Å². The first-order valence-corrected chi connectivity index (χ1v) is 17.1. The first-order chi connectivity index (χ1) is 25.3. The Balaban J connectivity index is 1.20. The van der Waals surface area contributed by atoms with E-state index in [4.69, 9.17) is 15.1 Å². The fraction of sp³-hybridized carbons (Fsp3) is 0. The molecule has 4 heterocycles. The fourth-order valence-electron chi connectivity index (χ4n) is 7.89. The largest absolute Gasteiger partial charge is 0.309 e. The van der Waals surface area contributed by atoms with Gasteiger partial charge in [-0.3, -0.25) is 0 Å². The molecule has 0 spiro atoms. The van der Waals surface area contributed by atoms with Crippen molar-refractivity contribution in [3.8, 4) is 34.0 Å². The maximum Gasteiger partial charge on any atom is 0.253 e. The Morgan fingerprint density at radius 3 is 1.71 bits per heavy atom. The maximum atomic E-state index is 5.13. The average molecular weight is 653 g/mol. The van der Waals surface area contributed by atoms with Crippen LogP contribution in [0.15, 0.2) is 170 Å². The molecule has 0 aliphatic rings. The summed E-state index contributed by atoms with van der Waals surface area (Å²) in [7, 11) is 0. The molecule has 0 aliphatic heterocycles. The molecule has 0 saturated heterocycles. The third-order valence-electron chi connectivity index (χ3n) is 10.1. The highest BCUT2D eigenvalue weighted by molar-refractivity contribution is 6.19. The summed E-state index contributed by atoms with van der Waals surface area (Å²) in [6.45, 7) is 0. The van der Waals surface area contributed by atoms with Crippen molar-refractivity contribution in [1.29, 1.82) is 0 Å². The summed E-state index contributed by atoms with van der Waals surface area (Å²) in [6.07, 6.45) is 0. The zero-order valence-corrected chi connectivity index (χ0v) is 27.3. The average Bonchev–Trinajstić information content (AvgIpc) is 3.87. The van der Waals surface area contributed by atoms with Gasteiger partial charge in [-0.25, -0.2) is 4.98 Å². The van der Waals surface area contributed by atoms with Gasteiger partial charge in [0.25, 0.3) is 5.78 Å². The van der Waals surface area contributed by atoms with Crippen LogP contribution in [0.4, 0.5) is 0 Å². The maximum absolute atomic E-state index is 5.13. The zero-order chi connectivity index (χ0) is 33.5. The molecule has 0 saturated carbocycles. The predicted molar refractivity (Wildman–Crippen MR) is 208 cm³/mol. The van der Waals surface area contributed by atoms with Gasteiger partial charge in [-0.05, 0) is 54.6 Å². The first kappa shape index (κ1) is 27.9. The minimum absolute atomic E-state index is 0.564. The molecule has 0 atom stereocenters. The van der Waals surface area contributed by atoms with Gasteiger partial charge in [0.2, 0.25) is 0 Å². The number of para-hydroxylation sites is 5. The number of hydrogen-bond acceptors (Lipinski definition) is 3. The number of aromatic nitrogens is 6. The molecule has 0 aliphatic carbocycles. The minimum Gasteiger partial charge on any atom is -0.309 e. The minimum atomic E-state index is 0.564. The van der Waals surface area contributed by atoms with Gasteiger partial charge in [0.1, 0.15) is 0 Å². The summed E-state index contributed by atoms with van der Waals surface area (Å²) in [6, 6.07) is 59.7. The molecule has 0 unspecified atom stereocenters. The van der Waals surface area contributed by atoms with Crippen LogP contribution in [0.25, 0.3) is 94.3 Å². The van der Waals surface area contributed by atoms with E-state index in [0.717, 1.165) is 55.6 Å². The molecule has 7 aromatic carbocycles. The van der Waals surface area contributed by atoms with E-state index in [1.54, 1.807) is 0 Å². The van der Waals surface area contributed by atoms with Crippen molar-refractivity contribution in [1.82, 2.24) is 28.7 Å². The van der Waals surface area contributed by atoms with Gasteiger partial charge in [-0.1, -0.05) is 115 Å². The van der Waals surface area contributed by atoms with Gasteiger partial charge >= 0.3 is 0 Å². The van der Waals surface area contributed by atoms with Crippen molar-refractivity contribution >= 4 is 60.3 Å². The third-order valence-corrected chi connectivity index (χ3v) is 10.1. The quantitative estimate of drug-likeness (QED) is 0.190. The summed E-state index contributed by atoms with van der Waals surface area (Å²) in [5, 5.41) is 11.0. The van der Waals surface area contributed by atoms with E-state index < -0.39 is 0 Å². The van der Waals surface area contributed by atoms with Crippen molar-refractivity contribution < 1.29 is 0 Å². The Labute approximate surface area is 292 Å². The Bertz CT molecular complexity index is 3130. The monoisotopic (exact) mass is 652 g/mol. The molecule has 4 aromatic heterocycles. The summed E-state index contributed by atoms with van der Waals surface area (Å²) < 4.78 is 6.63. The summed E-state index contributed by atoms with van der Waals surface area (Å²) in [4.78, 5) is 10.2. The lowest BCUT2D eigenvalue weighted by Crippen LogP contribution is -1.99.